The Morgan fingerprint density at radius 1 is 1.38 bits per heavy atom. The normalized spacial score (nSPS) is 23.0. The Kier molecular flexibility index (Phi) is 6.03. The van der Waals surface area contributed by atoms with E-state index >= 15 is 0 Å². The van der Waals surface area contributed by atoms with Crippen LogP contribution in [0.3, 0.4) is 0 Å². The zero-order valence-corrected chi connectivity index (χ0v) is 13.3. The second kappa shape index (κ2) is 7.78. The Balaban J connectivity index is 1.76. The number of halogens is 1. The molecule has 1 heterocycles. The lowest BCUT2D eigenvalue weighted by molar-refractivity contribution is -0.0686. The molecular weight excluding hydrogens is 290 g/mol. The third kappa shape index (κ3) is 4.99. The largest absolute Gasteiger partial charge is 0.493 e. The van der Waals surface area contributed by atoms with Crippen LogP contribution in [0.4, 0.5) is 0 Å². The Morgan fingerprint density at radius 2 is 2.10 bits per heavy atom. The number of morpholine rings is 1. The maximum absolute atomic E-state index is 11.0. The van der Waals surface area contributed by atoms with E-state index in [4.69, 9.17) is 21.1 Å². The van der Waals surface area contributed by atoms with Crippen molar-refractivity contribution in [2.24, 2.45) is 0 Å². The molecular formula is C16H22ClNO3. The average Bonchev–Trinajstić information content (AvgIpc) is 2.43. The van der Waals surface area contributed by atoms with E-state index in [1.165, 1.54) is 0 Å². The van der Waals surface area contributed by atoms with Crippen molar-refractivity contribution in [1.29, 1.82) is 0 Å². The first kappa shape index (κ1) is 16.3. The Bertz CT molecular complexity index is 471. The number of nitrogens with zero attached hydrogens (tertiary/aromatic N) is 1. The highest BCUT2D eigenvalue weighted by atomic mass is 35.5. The number of carbonyl (C=O) groups is 1. The molecule has 0 spiro atoms. The number of carbonyl (C=O) groups excluding carboxylic acids is 1. The Morgan fingerprint density at radius 3 is 2.76 bits per heavy atom. The van der Waals surface area contributed by atoms with Crippen molar-refractivity contribution in [3.63, 3.8) is 0 Å². The van der Waals surface area contributed by atoms with Crippen molar-refractivity contribution in [2.75, 3.05) is 26.2 Å². The van der Waals surface area contributed by atoms with Gasteiger partial charge < -0.3 is 9.47 Å². The number of aldehydes is 1. The van der Waals surface area contributed by atoms with Gasteiger partial charge in [-0.05, 0) is 38.5 Å². The summed E-state index contributed by atoms with van der Waals surface area (Å²) >= 11 is 5.85. The van der Waals surface area contributed by atoms with Crippen LogP contribution >= 0.6 is 11.6 Å². The molecule has 1 aliphatic rings. The minimum Gasteiger partial charge on any atom is -0.493 e. The van der Waals surface area contributed by atoms with Crippen molar-refractivity contribution in [1.82, 2.24) is 4.90 Å². The third-order valence-corrected chi connectivity index (χ3v) is 3.71. The van der Waals surface area contributed by atoms with E-state index in [0.717, 1.165) is 32.3 Å². The maximum atomic E-state index is 11.0. The molecule has 1 fully saturated rings. The van der Waals surface area contributed by atoms with Gasteiger partial charge in [0, 0.05) is 24.7 Å². The molecule has 0 radical (unpaired) electrons. The average molecular weight is 312 g/mol. The molecule has 2 rings (SSSR count). The van der Waals surface area contributed by atoms with Crippen molar-refractivity contribution in [3.8, 4) is 5.75 Å². The van der Waals surface area contributed by atoms with Crippen molar-refractivity contribution < 1.29 is 14.3 Å². The van der Waals surface area contributed by atoms with Gasteiger partial charge in [-0.3, -0.25) is 9.69 Å². The van der Waals surface area contributed by atoms with Gasteiger partial charge in [0.1, 0.15) is 5.75 Å². The van der Waals surface area contributed by atoms with Crippen LogP contribution in [0.25, 0.3) is 0 Å². The summed E-state index contributed by atoms with van der Waals surface area (Å²) < 4.78 is 11.4. The molecule has 0 saturated carbocycles. The monoisotopic (exact) mass is 311 g/mol. The van der Waals surface area contributed by atoms with Gasteiger partial charge in [-0.15, -0.1) is 0 Å². The van der Waals surface area contributed by atoms with Crippen molar-refractivity contribution in [2.45, 2.75) is 32.5 Å². The van der Waals surface area contributed by atoms with E-state index in [-0.39, 0.29) is 12.2 Å². The molecule has 0 aliphatic carbocycles. The quantitative estimate of drug-likeness (QED) is 0.598. The lowest BCUT2D eigenvalue weighted by Crippen LogP contribution is -2.45. The highest BCUT2D eigenvalue weighted by Crippen LogP contribution is 2.21. The van der Waals surface area contributed by atoms with Crippen molar-refractivity contribution >= 4 is 17.9 Å². The minimum absolute atomic E-state index is 0.285. The van der Waals surface area contributed by atoms with E-state index < -0.39 is 0 Å². The molecule has 2 atom stereocenters. The van der Waals surface area contributed by atoms with E-state index in [1.54, 1.807) is 18.2 Å². The summed E-state index contributed by atoms with van der Waals surface area (Å²) in [5, 5.41) is 0.542. The zero-order chi connectivity index (χ0) is 15.2. The smallest absolute Gasteiger partial charge is 0.153 e. The second-order valence-corrected chi connectivity index (χ2v) is 5.96. The molecule has 0 N–H and O–H groups in total. The summed E-state index contributed by atoms with van der Waals surface area (Å²) in [7, 11) is 0. The molecule has 116 valence electrons. The molecule has 1 aliphatic heterocycles. The highest BCUT2D eigenvalue weighted by molar-refractivity contribution is 6.30. The van der Waals surface area contributed by atoms with Gasteiger partial charge in [0.25, 0.3) is 0 Å². The van der Waals surface area contributed by atoms with Crippen LogP contribution < -0.4 is 4.74 Å². The number of hydrogen-bond donors (Lipinski definition) is 0. The third-order valence-electron chi connectivity index (χ3n) is 3.47. The van der Waals surface area contributed by atoms with E-state index in [2.05, 4.69) is 18.7 Å². The predicted octanol–water partition coefficient (Wildman–Crippen LogP) is 3.03. The first-order valence-corrected chi connectivity index (χ1v) is 7.71. The van der Waals surface area contributed by atoms with Crippen LogP contribution in [0.1, 0.15) is 30.6 Å². The van der Waals surface area contributed by atoms with E-state index in [0.29, 0.717) is 22.9 Å². The van der Waals surface area contributed by atoms with Gasteiger partial charge in [0.2, 0.25) is 0 Å². The fraction of sp³-hybridized carbons (Fsp3) is 0.562. The fourth-order valence-electron chi connectivity index (χ4n) is 2.68. The molecule has 4 nitrogen and oxygen atoms in total. The number of rotatable bonds is 6. The van der Waals surface area contributed by atoms with E-state index in [1.807, 2.05) is 0 Å². The maximum Gasteiger partial charge on any atom is 0.153 e. The minimum atomic E-state index is 0.285. The van der Waals surface area contributed by atoms with Crippen LogP contribution in [0.2, 0.25) is 5.02 Å². The van der Waals surface area contributed by atoms with Crippen molar-refractivity contribution in [3.05, 3.63) is 28.8 Å². The van der Waals surface area contributed by atoms with Crippen LogP contribution in [-0.2, 0) is 4.74 Å². The predicted molar refractivity (Wildman–Crippen MR) is 83.4 cm³/mol. The first-order chi connectivity index (χ1) is 10.1. The van der Waals surface area contributed by atoms with Crippen LogP contribution in [0, 0.1) is 0 Å². The van der Waals surface area contributed by atoms with Crippen LogP contribution in [-0.4, -0.2) is 49.6 Å². The molecule has 1 aromatic carbocycles. The van der Waals surface area contributed by atoms with E-state index in [9.17, 15) is 4.79 Å². The summed E-state index contributed by atoms with van der Waals surface area (Å²) in [6.45, 7) is 7.69. The molecule has 5 heteroatoms. The molecule has 1 aromatic rings. The topological polar surface area (TPSA) is 38.8 Å². The molecule has 0 aromatic heterocycles. The molecule has 0 bridgehead atoms. The zero-order valence-electron chi connectivity index (χ0n) is 12.5. The van der Waals surface area contributed by atoms with Crippen LogP contribution in [0.15, 0.2) is 18.2 Å². The highest BCUT2D eigenvalue weighted by Gasteiger charge is 2.21. The standard InChI is InChI=1S/C16H22ClNO3/c1-12-9-18(10-13(2)21-12)6-3-7-20-16-5-4-15(17)8-14(16)11-19/h4-5,8,11-13H,3,6-7,9-10H2,1-2H3/t12-,13+. The summed E-state index contributed by atoms with van der Waals surface area (Å²) in [5.74, 6) is 0.595. The number of hydrogen-bond acceptors (Lipinski definition) is 4. The first-order valence-electron chi connectivity index (χ1n) is 7.34. The van der Waals surface area contributed by atoms with Gasteiger partial charge in [0.15, 0.2) is 6.29 Å². The summed E-state index contributed by atoms with van der Waals surface area (Å²) in [5.41, 5.74) is 0.496. The molecule has 1 saturated heterocycles. The summed E-state index contributed by atoms with van der Waals surface area (Å²) in [6, 6.07) is 5.09. The Hall–Kier alpha value is -1.10. The summed E-state index contributed by atoms with van der Waals surface area (Å²) in [4.78, 5) is 13.4. The number of benzene rings is 1. The van der Waals surface area contributed by atoms with Crippen LogP contribution in [0.5, 0.6) is 5.75 Å². The lowest BCUT2D eigenvalue weighted by atomic mass is 10.2. The van der Waals surface area contributed by atoms with Gasteiger partial charge in [-0.25, -0.2) is 0 Å². The van der Waals surface area contributed by atoms with Gasteiger partial charge in [-0.1, -0.05) is 11.6 Å². The van der Waals surface area contributed by atoms with Gasteiger partial charge >= 0.3 is 0 Å². The second-order valence-electron chi connectivity index (χ2n) is 5.52. The SMILES string of the molecule is C[C@@H]1CN(CCCOc2ccc(Cl)cc2C=O)C[C@H](C)O1. The fourth-order valence-corrected chi connectivity index (χ4v) is 2.86. The molecule has 21 heavy (non-hydrogen) atoms. The molecule has 0 amide bonds. The van der Waals surface area contributed by atoms with Gasteiger partial charge in [-0.2, -0.15) is 0 Å². The molecule has 0 unspecified atom stereocenters. The number of ether oxygens (including phenoxy) is 2. The summed E-state index contributed by atoms with van der Waals surface area (Å²) in [6.07, 6.45) is 2.26. The lowest BCUT2D eigenvalue weighted by Gasteiger charge is -2.35. The Labute approximate surface area is 131 Å². The van der Waals surface area contributed by atoms with Gasteiger partial charge in [0.05, 0.1) is 24.4 Å².